The van der Waals surface area contributed by atoms with Crippen molar-refractivity contribution in [2.24, 2.45) is 0 Å². The fourth-order valence-corrected chi connectivity index (χ4v) is 2.28. The maximum atomic E-state index is 12.9. The average Bonchev–Trinajstić information content (AvgIpc) is 2.48. The lowest BCUT2D eigenvalue weighted by molar-refractivity contribution is 0.609. The second-order valence-electron chi connectivity index (χ2n) is 4.90. The van der Waals surface area contributed by atoms with E-state index in [9.17, 15) is 9.18 Å². The number of aromatic nitrogens is 1. The number of pyridine rings is 1. The van der Waals surface area contributed by atoms with Gasteiger partial charge in [0.15, 0.2) is 0 Å². The summed E-state index contributed by atoms with van der Waals surface area (Å²) >= 11 is 0. The molecule has 1 heterocycles. The van der Waals surface area contributed by atoms with Crippen LogP contribution in [-0.4, -0.2) is 17.7 Å². The minimum Gasteiger partial charge on any atom is -0.398 e. The molecule has 0 aliphatic heterocycles. The number of nitrogen functional groups attached to an aromatic ring is 1. The fourth-order valence-electron chi connectivity index (χ4n) is 2.28. The van der Waals surface area contributed by atoms with Gasteiger partial charge in [-0.3, -0.25) is 4.79 Å². The van der Waals surface area contributed by atoms with Gasteiger partial charge in [-0.05, 0) is 43.7 Å². The van der Waals surface area contributed by atoms with E-state index < -0.39 is 0 Å². The monoisotopic (exact) mass is 289 g/mol. The molecule has 112 valence electrons. The van der Waals surface area contributed by atoms with Gasteiger partial charge in [-0.1, -0.05) is 0 Å². The number of nitrogens with two attached hydrogens (primary N) is 1. The Labute approximate surface area is 123 Å². The van der Waals surface area contributed by atoms with Crippen molar-refractivity contribution in [1.82, 2.24) is 4.57 Å². The number of anilines is 2. The Hall–Kier alpha value is -2.30. The number of rotatable bonds is 6. The standard InChI is InChI=1S/C16H20FN3O/c1-2-19(15-7-4-13(17)5-8-15)10-3-11-20-12-14(18)6-9-16(20)21/h4-9,12H,2-3,10-11,18H2,1H3. The summed E-state index contributed by atoms with van der Waals surface area (Å²) in [5.74, 6) is -0.235. The van der Waals surface area contributed by atoms with Gasteiger partial charge in [0.1, 0.15) is 5.82 Å². The molecular weight excluding hydrogens is 269 g/mol. The van der Waals surface area contributed by atoms with Gasteiger partial charge in [0.05, 0.1) is 0 Å². The van der Waals surface area contributed by atoms with E-state index in [1.54, 1.807) is 29.0 Å². The van der Waals surface area contributed by atoms with Crippen molar-refractivity contribution in [3.63, 3.8) is 0 Å². The minimum atomic E-state index is -0.235. The van der Waals surface area contributed by atoms with Crippen molar-refractivity contribution in [2.75, 3.05) is 23.7 Å². The molecule has 0 bridgehead atoms. The summed E-state index contributed by atoms with van der Waals surface area (Å²) in [6.45, 7) is 4.29. The third-order valence-electron chi connectivity index (χ3n) is 3.41. The number of nitrogens with zero attached hydrogens (tertiary/aromatic N) is 2. The van der Waals surface area contributed by atoms with Crippen LogP contribution in [0.4, 0.5) is 15.8 Å². The van der Waals surface area contributed by atoms with E-state index in [1.807, 2.05) is 0 Å². The Kier molecular flexibility index (Phi) is 4.98. The van der Waals surface area contributed by atoms with E-state index in [0.29, 0.717) is 12.2 Å². The van der Waals surface area contributed by atoms with E-state index in [0.717, 1.165) is 25.2 Å². The number of aryl methyl sites for hydroxylation is 1. The Balaban J connectivity index is 1.96. The SMILES string of the molecule is CCN(CCCn1cc(N)ccc1=O)c1ccc(F)cc1. The molecule has 21 heavy (non-hydrogen) atoms. The molecule has 0 atom stereocenters. The van der Waals surface area contributed by atoms with Crippen molar-refractivity contribution in [1.29, 1.82) is 0 Å². The van der Waals surface area contributed by atoms with Gasteiger partial charge in [-0.25, -0.2) is 4.39 Å². The van der Waals surface area contributed by atoms with Crippen LogP contribution in [0.1, 0.15) is 13.3 Å². The summed E-state index contributed by atoms with van der Waals surface area (Å²) in [7, 11) is 0. The lowest BCUT2D eigenvalue weighted by Crippen LogP contribution is -2.26. The first kappa shape index (κ1) is 15.1. The molecule has 0 amide bonds. The molecule has 2 aromatic rings. The molecule has 0 aliphatic rings. The van der Waals surface area contributed by atoms with Crippen LogP contribution in [0.5, 0.6) is 0 Å². The molecular formula is C16H20FN3O. The molecule has 2 N–H and O–H groups in total. The number of hydrogen-bond acceptors (Lipinski definition) is 3. The summed E-state index contributed by atoms with van der Waals surface area (Å²) in [5.41, 5.74) is 7.21. The van der Waals surface area contributed by atoms with Crippen LogP contribution >= 0.6 is 0 Å². The molecule has 0 spiro atoms. The molecule has 1 aromatic carbocycles. The lowest BCUT2D eigenvalue weighted by atomic mass is 10.2. The summed E-state index contributed by atoms with van der Waals surface area (Å²) in [4.78, 5) is 13.8. The van der Waals surface area contributed by atoms with Gasteiger partial charge < -0.3 is 15.2 Å². The first-order valence-corrected chi connectivity index (χ1v) is 7.06. The smallest absolute Gasteiger partial charge is 0.250 e. The van der Waals surface area contributed by atoms with Crippen LogP contribution < -0.4 is 16.2 Å². The van der Waals surface area contributed by atoms with Gasteiger partial charge in [-0.2, -0.15) is 0 Å². The predicted octanol–water partition coefficient (Wildman–Crippen LogP) is 2.49. The number of hydrogen-bond donors (Lipinski definition) is 1. The zero-order valence-corrected chi connectivity index (χ0v) is 12.1. The molecule has 0 saturated carbocycles. The Morgan fingerprint density at radius 2 is 1.90 bits per heavy atom. The van der Waals surface area contributed by atoms with E-state index in [-0.39, 0.29) is 11.4 Å². The largest absolute Gasteiger partial charge is 0.398 e. The summed E-state index contributed by atoms with van der Waals surface area (Å²) in [6, 6.07) is 9.54. The summed E-state index contributed by atoms with van der Waals surface area (Å²) in [6.07, 6.45) is 2.48. The third kappa shape index (κ3) is 4.08. The Bertz CT molecular complexity index is 637. The van der Waals surface area contributed by atoms with Crippen LogP contribution in [0.2, 0.25) is 0 Å². The lowest BCUT2D eigenvalue weighted by Gasteiger charge is -2.23. The van der Waals surface area contributed by atoms with Crippen molar-refractivity contribution >= 4 is 11.4 Å². The topological polar surface area (TPSA) is 51.3 Å². The van der Waals surface area contributed by atoms with E-state index in [1.165, 1.54) is 18.2 Å². The average molecular weight is 289 g/mol. The highest BCUT2D eigenvalue weighted by molar-refractivity contribution is 5.45. The third-order valence-corrected chi connectivity index (χ3v) is 3.41. The number of halogens is 1. The highest BCUT2D eigenvalue weighted by Gasteiger charge is 2.05. The fraction of sp³-hybridized carbons (Fsp3) is 0.312. The van der Waals surface area contributed by atoms with Crippen LogP contribution in [0.25, 0.3) is 0 Å². The van der Waals surface area contributed by atoms with Crippen LogP contribution in [0.3, 0.4) is 0 Å². The van der Waals surface area contributed by atoms with Crippen LogP contribution in [0, 0.1) is 5.82 Å². The first-order valence-electron chi connectivity index (χ1n) is 7.06. The van der Waals surface area contributed by atoms with Gasteiger partial charge >= 0.3 is 0 Å². The second kappa shape index (κ2) is 6.92. The predicted molar refractivity (Wildman–Crippen MR) is 84.0 cm³/mol. The highest BCUT2D eigenvalue weighted by Crippen LogP contribution is 2.15. The summed E-state index contributed by atoms with van der Waals surface area (Å²) in [5, 5.41) is 0. The molecule has 0 unspecified atom stereocenters. The summed E-state index contributed by atoms with van der Waals surface area (Å²) < 4.78 is 14.6. The molecule has 0 radical (unpaired) electrons. The molecule has 1 aromatic heterocycles. The van der Waals surface area contributed by atoms with Crippen molar-refractivity contribution in [3.8, 4) is 0 Å². The van der Waals surface area contributed by atoms with Gasteiger partial charge in [0.25, 0.3) is 5.56 Å². The second-order valence-corrected chi connectivity index (χ2v) is 4.90. The molecule has 0 saturated heterocycles. The van der Waals surface area contributed by atoms with Crippen molar-refractivity contribution in [2.45, 2.75) is 19.9 Å². The maximum Gasteiger partial charge on any atom is 0.250 e. The Morgan fingerprint density at radius 3 is 2.57 bits per heavy atom. The minimum absolute atomic E-state index is 0.0472. The molecule has 4 nitrogen and oxygen atoms in total. The number of benzene rings is 1. The zero-order valence-electron chi connectivity index (χ0n) is 12.1. The maximum absolute atomic E-state index is 12.9. The highest BCUT2D eigenvalue weighted by atomic mass is 19.1. The van der Waals surface area contributed by atoms with E-state index in [2.05, 4.69) is 11.8 Å². The molecule has 2 rings (SSSR count). The van der Waals surface area contributed by atoms with E-state index in [4.69, 9.17) is 5.73 Å². The quantitative estimate of drug-likeness (QED) is 0.889. The zero-order chi connectivity index (χ0) is 15.2. The molecule has 5 heteroatoms. The molecule has 0 fully saturated rings. The van der Waals surface area contributed by atoms with Gasteiger partial charge in [0, 0.05) is 43.3 Å². The van der Waals surface area contributed by atoms with Gasteiger partial charge in [0.2, 0.25) is 0 Å². The van der Waals surface area contributed by atoms with Crippen LogP contribution in [-0.2, 0) is 6.54 Å². The normalized spacial score (nSPS) is 10.6. The van der Waals surface area contributed by atoms with Crippen molar-refractivity contribution in [3.05, 3.63) is 58.8 Å². The first-order chi connectivity index (χ1) is 10.1. The van der Waals surface area contributed by atoms with E-state index >= 15 is 0 Å². The Morgan fingerprint density at radius 1 is 1.19 bits per heavy atom. The van der Waals surface area contributed by atoms with Crippen molar-refractivity contribution < 1.29 is 4.39 Å². The molecule has 0 aliphatic carbocycles. The van der Waals surface area contributed by atoms with Crippen LogP contribution in [0.15, 0.2) is 47.4 Å². The van der Waals surface area contributed by atoms with Gasteiger partial charge in [-0.15, -0.1) is 0 Å².